The first-order valence-electron chi connectivity index (χ1n) is 10.0. The van der Waals surface area contributed by atoms with Crippen LogP contribution in [0.2, 0.25) is 0 Å². The number of carbonyl (C=O) groups is 1. The number of hydrogen-bond acceptors (Lipinski definition) is 5. The van der Waals surface area contributed by atoms with E-state index < -0.39 is 0 Å². The van der Waals surface area contributed by atoms with E-state index in [0.29, 0.717) is 18.5 Å². The van der Waals surface area contributed by atoms with Crippen LogP contribution in [0.1, 0.15) is 29.3 Å². The highest BCUT2D eigenvalue weighted by molar-refractivity contribution is 7.10. The number of nitrogens with zero attached hydrogens (tertiary/aromatic N) is 4. The Kier molecular flexibility index (Phi) is 4.61. The van der Waals surface area contributed by atoms with Crippen molar-refractivity contribution in [3.63, 3.8) is 0 Å². The van der Waals surface area contributed by atoms with Gasteiger partial charge in [0.1, 0.15) is 5.82 Å². The van der Waals surface area contributed by atoms with Gasteiger partial charge in [0, 0.05) is 49.8 Å². The second-order valence-electron chi connectivity index (χ2n) is 7.86. The van der Waals surface area contributed by atoms with E-state index in [2.05, 4.69) is 26.2 Å². The van der Waals surface area contributed by atoms with Gasteiger partial charge in [0.15, 0.2) is 0 Å². The molecule has 5 nitrogen and oxygen atoms in total. The third-order valence-electron chi connectivity index (χ3n) is 6.13. The molecule has 27 heavy (non-hydrogen) atoms. The van der Waals surface area contributed by atoms with Crippen LogP contribution in [0, 0.1) is 5.92 Å². The van der Waals surface area contributed by atoms with Crippen LogP contribution in [0.3, 0.4) is 0 Å². The molecule has 2 aromatic heterocycles. The number of fused-ring (bicyclic) bond motifs is 1. The fourth-order valence-corrected chi connectivity index (χ4v) is 5.45. The maximum atomic E-state index is 13.0. The topological polar surface area (TPSA) is 39.7 Å². The van der Waals surface area contributed by atoms with Gasteiger partial charge in [-0.15, -0.1) is 11.3 Å². The summed E-state index contributed by atoms with van der Waals surface area (Å²) in [5.41, 5.74) is 1.50. The molecule has 2 fully saturated rings. The van der Waals surface area contributed by atoms with Gasteiger partial charge >= 0.3 is 0 Å². The van der Waals surface area contributed by atoms with Gasteiger partial charge in [-0.05, 0) is 54.3 Å². The molecule has 0 unspecified atom stereocenters. The predicted molar refractivity (Wildman–Crippen MR) is 108 cm³/mol. The quantitative estimate of drug-likeness (QED) is 0.815. The summed E-state index contributed by atoms with van der Waals surface area (Å²) in [6, 6.07) is 8.78. The molecule has 6 heteroatoms. The number of rotatable bonds is 4. The van der Waals surface area contributed by atoms with E-state index in [1.807, 2.05) is 40.6 Å². The number of pyridine rings is 1. The van der Waals surface area contributed by atoms with Crippen molar-refractivity contribution < 1.29 is 4.79 Å². The molecule has 0 spiro atoms. The minimum Gasteiger partial charge on any atom is -0.353 e. The zero-order chi connectivity index (χ0) is 18.2. The summed E-state index contributed by atoms with van der Waals surface area (Å²) in [6.07, 6.45) is 5.55. The Hall–Kier alpha value is -1.92. The van der Waals surface area contributed by atoms with Crippen LogP contribution in [0.4, 0.5) is 5.82 Å². The molecule has 2 aliphatic heterocycles. The van der Waals surface area contributed by atoms with Crippen LogP contribution in [-0.4, -0.2) is 60.0 Å². The number of aromatic nitrogens is 1. The largest absolute Gasteiger partial charge is 0.353 e. The normalized spacial score (nSPS) is 23.3. The highest BCUT2D eigenvalue weighted by Crippen LogP contribution is 2.48. The minimum atomic E-state index is 0.292. The van der Waals surface area contributed by atoms with Gasteiger partial charge in [-0.3, -0.25) is 9.69 Å². The van der Waals surface area contributed by atoms with Crippen LogP contribution >= 0.6 is 11.3 Å². The fourth-order valence-electron chi connectivity index (χ4n) is 4.54. The lowest BCUT2D eigenvalue weighted by Crippen LogP contribution is -2.52. The third-order valence-corrected chi connectivity index (χ3v) is 7.13. The van der Waals surface area contributed by atoms with Crippen molar-refractivity contribution in [3.05, 3.63) is 46.3 Å². The Balaban J connectivity index is 1.21. The molecule has 0 aromatic carbocycles. The SMILES string of the molecule is O=C(CN1CCc2sccc2[C@H]1C1CC1)N1CCN(c2ccccn2)CC1. The smallest absolute Gasteiger partial charge is 0.236 e. The number of piperazine rings is 1. The summed E-state index contributed by atoms with van der Waals surface area (Å²) < 4.78 is 0. The Morgan fingerprint density at radius 2 is 1.96 bits per heavy atom. The predicted octanol–water partition coefficient (Wildman–Crippen LogP) is 2.80. The Morgan fingerprint density at radius 3 is 2.70 bits per heavy atom. The average Bonchev–Trinajstić information content (AvgIpc) is 3.44. The molecular weight excluding hydrogens is 356 g/mol. The lowest BCUT2D eigenvalue weighted by Gasteiger charge is -2.39. The minimum absolute atomic E-state index is 0.292. The summed E-state index contributed by atoms with van der Waals surface area (Å²) in [5, 5.41) is 2.22. The van der Waals surface area contributed by atoms with Crippen molar-refractivity contribution in [2.75, 3.05) is 44.2 Å². The van der Waals surface area contributed by atoms with Crippen LogP contribution in [0.25, 0.3) is 0 Å². The highest BCUT2D eigenvalue weighted by atomic mass is 32.1. The van der Waals surface area contributed by atoms with Crippen molar-refractivity contribution >= 4 is 23.1 Å². The van der Waals surface area contributed by atoms with Crippen molar-refractivity contribution in [1.82, 2.24) is 14.8 Å². The second-order valence-corrected chi connectivity index (χ2v) is 8.86. The van der Waals surface area contributed by atoms with E-state index in [-0.39, 0.29) is 0 Å². The molecule has 142 valence electrons. The first-order chi connectivity index (χ1) is 13.3. The zero-order valence-corrected chi connectivity index (χ0v) is 16.4. The monoisotopic (exact) mass is 382 g/mol. The van der Waals surface area contributed by atoms with Crippen molar-refractivity contribution in [3.8, 4) is 0 Å². The summed E-state index contributed by atoms with van der Waals surface area (Å²) in [6.45, 7) is 4.91. The molecule has 2 aromatic rings. The molecular formula is C21H26N4OS. The Labute approximate surface area is 164 Å². The van der Waals surface area contributed by atoms with Crippen molar-refractivity contribution in [2.24, 2.45) is 5.92 Å². The molecule has 5 rings (SSSR count). The van der Waals surface area contributed by atoms with Crippen LogP contribution in [-0.2, 0) is 11.2 Å². The number of hydrogen-bond donors (Lipinski definition) is 0. The first-order valence-corrected chi connectivity index (χ1v) is 10.9. The lowest BCUT2D eigenvalue weighted by atomic mass is 9.96. The van der Waals surface area contributed by atoms with Crippen LogP contribution in [0.15, 0.2) is 35.8 Å². The lowest BCUT2D eigenvalue weighted by molar-refractivity contribution is -0.133. The number of anilines is 1. The summed E-state index contributed by atoms with van der Waals surface area (Å²) >= 11 is 1.89. The van der Waals surface area contributed by atoms with Crippen molar-refractivity contribution in [1.29, 1.82) is 0 Å². The number of carbonyl (C=O) groups excluding carboxylic acids is 1. The highest BCUT2D eigenvalue weighted by Gasteiger charge is 2.40. The average molecular weight is 383 g/mol. The molecule has 0 bridgehead atoms. The van der Waals surface area contributed by atoms with E-state index >= 15 is 0 Å². The molecule has 1 atom stereocenters. The molecule has 0 radical (unpaired) electrons. The van der Waals surface area contributed by atoms with Gasteiger partial charge in [0.2, 0.25) is 5.91 Å². The maximum absolute atomic E-state index is 13.0. The Bertz CT molecular complexity index is 796. The zero-order valence-electron chi connectivity index (χ0n) is 15.6. The van der Waals surface area contributed by atoms with Crippen molar-refractivity contribution in [2.45, 2.75) is 25.3 Å². The van der Waals surface area contributed by atoms with E-state index in [1.165, 1.54) is 18.4 Å². The van der Waals surface area contributed by atoms with Gasteiger partial charge in [0.25, 0.3) is 0 Å². The van der Waals surface area contributed by atoms with Crippen LogP contribution < -0.4 is 4.90 Å². The van der Waals surface area contributed by atoms with Gasteiger partial charge in [-0.25, -0.2) is 4.98 Å². The van der Waals surface area contributed by atoms with Gasteiger partial charge in [-0.1, -0.05) is 6.07 Å². The van der Waals surface area contributed by atoms with E-state index in [0.717, 1.165) is 50.9 Å². The van der Waals surface area contributed by atoms with E-state index in [4.69, 9.17) is 0 Å². The summed E-state index contributed by atoms with van der Waals surface area (Å²) in [4.78, 5) is 25.8. The summed E-state index contributed by atoms with van der Waals surface area (Å²) in [7, 11) is 0. The summed E-state index contributed by atoms with van der Waals surface area (Å²) in [5.74, 6) is 2.06. The first kappa shape index (κ1) is 17.2. The molecule has 1 saturated heterocycles. The van der Waals surface area contributed by atoms with Gasteiger partial charge < -0.3 is 9.80 Å². The van der Waals surface area contributed by atoms with E-state index in [9.17, 15) is 4.79 Å². The van der Waals surface area contributed by atoms with Crippen LogP contribution in [0.5, 0.6) is 0 Å². The molecule has 1 amide bonds. The molecule has 3 aliphatic rings. The second kappa shape index (κ2) is 7.24. The van der Waals surface area contributed by atoms with E-state index in [1.54, 1.807) is 4.88 Å². The molecule has 1 aliphatic carbocycles. The number of amides is 1. The fraction of sp³-hybridized carbons (Fsp3) is 0.524. The molecule has 4 heterocycles. The molecule has 0 N–H and O–H groups in total. The standard InChI is InChI=1S/C21H26N4OS/c26-20(24-12-10-23(11-13-24)19-3-1-2-8-22-19)15-25-9-6-18-17(7-14-27-18)21(25)16-4-5-16/h1-3,7-8,14,16,21H,4-6,9-13,15H2/t21-/m1/s1. The van der Waals surface area contributed by atoms with Gasteiger partial charge in [-0.2, -0.15) is 0 Å². The number of thiophene rings is 1. The molecule has 1 saturated carbocycles. The third kappa shape index (κ3) is 3.48. The maximum Gasteiger partial charge on any atom is 0.236 e. The van der Waals surface area contributed by atoms with Gasteiger partial charge in [0.05, 0.1) is 6.54 Å². The Morgan fingerprint density at radius 1 is 1.11 bits per heavy atom.